The van der Waals surface area contributed by atoms with Crippen LogP contribution in [0.3, 0.4) is 0 Å². The number of aromatic nitrogens is 2. The molecule has 0 spiro atoms. The van der Waals surface area contributed by atoms with Crippen molar-refractivity contribution >= 4 is 5.97 Å². The summed E-state index contributed by atoms with van der Waals surface area (Å²) in [6.45, 7) is 6.34. The topological polar surface area (TPSA) is 72.3 Å². The minimum Gasteiger partial charge on any atom is -0.478 e. The zero-order valence-electron chi connectivity index (χ0n) is 9.78. The van der Waals surface area contributed by atoms with Crippen molar-refractivity contribution in [3.63, 3.8) is 0 Å². The van der Waals surface area contributed by atoms with Gasteiger partial charge in [-0.2, -0.15) is 0 Å². The van der Waals surface area contributed by atoms with Crippen LogP contribution in [0, 0.1) is 13.8 Å². The first kappa shape index (κ1) is 12.6. The largest absolute Gasteiger partial charge is 0.478 e. The lowest BCUT2D eigenvalue weighted by molar-refractivity contribution is 0.0693. The Balaban J connectivity index is 2.87. The Hall–Kier alpha value is -1.49. The van der Waals surface area contributed by atoms with Gasteiger partial charge in [0.15, 0.2) is 5.82 Å². The fourth-order valence-corrected chi connectivity index (χ4v) is 1.47. The third-order valence-electron chi connectivity index (χ3n) is 2.11. The van der Waals surface area contributed by atoms with Gasteiger partial charge in [0.1, 0.15) is 12.2 Å². The van der Waals surface area contributed by atoms with E-state index in [0.29, 0.717) is 30.4 Å². The number of ether oxygens (including phenoxy) is 1. The Bertz CT molecular complexity index is 368. The average molecular weight is 224 g/mol. The molecule has 0 bridgehead atoms. The average Bonchev–Trinajstić information content (AvgIpc) is 2.16. The second kappa shape index (κ2) is 5.55. The summed E-state index contributed by atoms with van der Waals surface area (Å²) in [6.07, 6.45) is 0.936. The quantitative estimate of drug-likeness (QED) is 0.771. The van der Waals surface area contributed by atoms with Crippen molar-refractivity contribution in [2.24, 2.45) is 0 Å². The molecule has 0 aromatic carbocycles. The summed E-state index contributed by atoms with van der Waals surface area (Å²) in [6, 6.07) is 0. The molecular formula is C11H16N2O3. The second-order valence-corrected chi connectivity index (χ2v) is 3.54. The molecule has 16 heavy (non-hydrogen) atoms. The Kier molecular flexibility index (Phi) is 4.37. The molecular weight excluding hydrogens is 208 g/mol. The maximum Gasteiger partial charge on any atom is 0.339 e. The van der Waals surface area contributed by atoms with E-state index in [1.807, 2.05) is 6.92 Å². The van der Waals surface area contributed by atoms with E-state index in [-0.39, 0.29) is 5.56 Å². The number of nitrogens with zero attached hydrogens (tertiary/aromatic N) is 2. The van der Waals surface area contributed by atoms with E-state index in [0.717, 1.165) is 6.42 Å². The van der Waals surface area contributed by atoms with Crippen molar-refractivity contribution in [3.05, 3.63) is 22.8 Å². The molecule has 0 radical (unpaired) electrons. The van der Waals surface area contributed by atoms with Crippen LogP contribution in [0.1, 0.15) is 40.9 Å². The number of carbonyl (C=O) groups is 1. The lowest BCUT2D eigenvalue weighted by atomic mass is 10.2. The van der Waals surface area contributed by atoms with Gasteiger partial charge in [0.2, 0.25) is 0 Å². The third-order valence-corrected chi connectivity index (χ3v) is 2.11. The van der Waals surface area contributed by atoms with Crippen molar-refractivity contribution in [2.75, 3.05) is 6.61 Å². The highest BCUT2D eigenvalue weighted by atomic mass is 16.5. The molecule has 0 aliphatic heterocycles. The molecule has 0 aliphatic rings. The molecule has 5 nitrogen and oxygen atoms in total. The molecule has 5 heteroatoms. The van der Waals surface area contributed by atoms with Crippen LogP contribution in [0.25, 0.3) is 0 Å². The lowest BCUT2D eigenvalue weighted by Gasteiger charge is -2.07. The maximum absolute atomic E-state index is 10.9. The van der Waals surface area contributed by atoms with E-state index in [2.05, 4.69) is 9.97 Å². The summed E-state index contributed by atoms with van der Waals surface area (Å²) in [5, 5.41) is 8.94. The predicted octanol–water partition coefficient (Wildman–Crippen LogP) is 1.72. The Morgan fingerprint density at radius 3 is 2.31 bits per heavy atom. The molecule has 1 heterocycles. The van der Waals surface area contributed by atoms with Crippen LogP contribution in [-0.2, 0) is 11.3 Å². The van der Waals surface area contributed by atoms with Gasteiger partial charge >= 0.3 is 5.97 Å². The molecule has 1 aromatic rings. The zero-order valence-corrected chi connectivity index (χ0v) is 9.78. The number of aromatic carboxylic acids is 1. The molecule has 0 unspecified atom stereocenters. The minimum absolute atomic E-state index is 0.180. The van der Waals surface area contributed by atoms with Crippen LogP contribution in [0.2, 0.25) is 0 Å². The van der Waals surface area contributed by atoms with Gasteiger partial charge < -0.3 is 9.84 Å². The third kappa shape index (κ3) is 3.00. The molecule has 0 amide bonds. The van der Waals surface area contributed by atoms with E-state index in [1.165, 1.54) is 0 Å². The lowest BCUT2D eigenvalue weighted by Crippen LogP contribution is -2.11. The van der Waals surface area contributed by atoms with E-state index in [1.54, 1.807) is 13.8 Å². The van der Waals surface area contributed by atoms with Gasteiger partial charge in [-0.15, -0.1) is 0 Å². The van der Waals surface area contributed by atoms with Gasteiger partial charge in [-0.25, -0.2) is 14.8 Å². The fraction of sp³-hybridized carbons (Fsp3) is 0.545. The first-order chi connectivity index (χ1) is 7.56. The highest BCUT2D eigenvalue weighted by molar-refractivity contribution is 5.89. The van der Waals surface area contributed by atoms with Gasteiger partial charge in [-0.1, -0.05) is 6.92 Å². The number of hydrogen-bond donors (Lipinski definition) is 1. The van der Waals surface area contributed by atoms with Crippen LogP contribution in [0.15, 0.2) is 0 Å². The SMILES string of the molecule is CCCOCc1nc(C)c(C(=O)O)c(C)n1. The van der Waals surface area contributed by atoms with E-state index in [4.69, 9.17) is 9.84 Å². The molecule has 0 saturated heterocycles. The molecule has 0 fully saturated rings. The number of rotatable bonds is 5. The van der Waals surface area contributed by atoms with Gasteiger partial charge in [-0.05, 0) is 20.3 Å². The Morgan fingerprint density at radius 1 is 1.31 bits per heavy atom. The minimum atomic E-state index is -0.990. The van der Waals surface area contributed by atoms with Crippen LogP contribution >= 0.6 is 0 Å². The van der Waals surface area contributed by atoms with Gasteiger partial charge in [0.25, 0.3) is 0 Å². The molecule has 0 saturated carbocycles. The van der Waals surface area contributed by atoms with Crippen molar-refractivity contribution in [1.29, 1.82) is 0 Å². The molecule has 1 rings (SSSR count). The van der Waals surface area contributed by atoms with E-state index >= 15 is 0 Å². The van der Waals surface area contributed by atoms with Crippen molar-refractivity contribution in [1.82, 2.24) is 9.97 Å². The van der Waals surface area contributed by atoms with Crippen LogP contribution in [0.4, 0.5) is 0 Å². The summed E-state index contributed by atoms with van der Waals surface area (Å²) in [7, 11) is 0. The van der Waals surface area contributed by atoms with Gasteiger partial charge in [0.05, 0.1) is 11.4 Å². The van der Waals surface area contributed by atoms with E-state index < -0.39 is 5.97 Å². The normalized spacial score (nSPS) is 10.4. The summed E-state index contributed by atoms with van der Waals surface area (Å²) in [5.74, 6) is -0.454. The van der Waals surface area contributed by atoms with Crippen LogP contribution in [-0.4, -0.2) is 27.7 Å². The summed E-state index contributed by atoms with van der Waals surface area (Å²) in [5.41, 5.74) is 1.14. The number of carboxylic acids is 1. The standard InChI is InChI=1S/C11H16N2O3/c1-4-5-16-6-9-12-7(2)10(11(14)15)8(3)13-9/h4-6H2,1-3H3,(H,14,15). The number of aryl methyl sites for hydroxylation is 2. The molecule has 0 atom stereocenters. The Labute approximate surface area is 94.5 Å². The zero-order chi connectivity index (χ0) is 12.1. The molecule has 1 aromatic heterocycles. The Morgan fingerprint density at radius 2 is 1.88 bits per heavy atom. The summed E-state index contributed by atoms with van der Waals surface area (Å²) >= 11 is 0. The van der Waals surface area contributed by atoms with Gasteiger partial charge in [-0.3, -0.25) is 0 Å². The predicted molar refractivity (Wildman–Crippen MR) is 58.4 cm³/mol. The van der Waals surface area contributed by atoms with Gasteiger partial charge in [0, 0.05) is 6.61 Å². The highest BCUT2D eigenvalue weighted by Gasteiger charge is 2.14. The van der Waals surface area contributed by atoms with Crippen LogP contribution in [0.5, 0.6) is 0 Å². The highest BCUT2D eigenvalue weighted by Crippen LogP contribution is 2.10. The van der Waals surface area contributed by atoms with Crippen molar-refractivity contribution in [3.8, 4) is 0 Å². The summed E-state index contributed by atoms with van der Waals surface area (Å²) < 4.78 is 5.31. The molecule has 1 N–H and O–H groups in total. The maximum atomic E-state index is 10.9. The number of carboxylic acid groups (broad SMARTS) is 1. The monoisotopic (exact) mass is 224 g/mol. The molecule has 88 valence electrons. The first-order valence-corrected chi connectivity index (χ1v) is 5.21. The van der Waals surface area contributed by atoms with Crippen LogP contribution < -0.4 is 0 Å². The van der Waals surface area contributed by atoms with Crippen molar-refractivity contribution < 1.29 is 14.6 Å². The first-order valence-electron chi connectivity index (χ1n) is 5.21. The number of hydrogen-bond acceptors (Lipinski definition) is 4. The second-order valence-electron chi connectivity index (χ2n) is 3.54. The molecule has 0 aliphatic carbocycles. The smallest absolute Gasteiger partial charge is 0.339 e. The van der Waals surface area contributed by atoms with E-state index in [9.17, 15) is 4.79 Å². The fourth-order valence-electron chi connectivity index (χ4n) is 1.47. The summed E-state index contributed by atoms with van der Waals surface area (Å²) in [4.78, 5) is 19.1. The van der Waals surface area contributed by atoms with Crippen molar-refractivity contribution in [2.45, 2.75) is 33.8 Å².